The van der Waals surface area contributed by atoms with Crippen LogP contribution in [0.1, 0.15) is 6.92 Å². The molecule has 0 unspecified atom stereocenters. The summed E-state index contributed by atoms with van der Waals surface area (Å²) in [4.78, 5) is 40.8. The lowest BCUT2D eigenvalue weighted by Gasteiger charge is -2.06. The van der Waals surface area contributed by atoms with Gasteiger partial charge < -0.3 is 5.32 Å². The standard InChI is InChI=1S/C8H7N5O7/c1-4(14)9-5-2-3-6(10-13(19)20)8(12(17)18)7(5)11(15)16/h2-3,10H,1H3,(H,9,14). The van der Waals surface area contributed by atoms with E-state index in [0.717, 1.165) is 19.1 Å². The number of nitrogens with one attached hydrogen (secondary N) is 2. The van der Waals surface area contributed by atoms with Crippen molar-refractivity contribution >= 4 is 28.7 Å². The number of hydrogen-bond donors (Lipinski definition) is 2. The van der Waals surface area contributed by atoms with E-state index < -0.39 is 43.5 Å². The van der Waals surface area contributed by atoms with Crippen LogP contribution in [0.15, 0.2) is 12.1 Å². The van der Waals surface area contributed by atoms with E-state index in [9.17, 15) is 35.1 Å². The first-order chi connectivity index (χ1) is 9.23. The predicted octanol–water partition coefficient (Wildman–Crippen LogP) is 1.06. The van der Waals surface area contributed by atoms with Gasteiger partial charge in [-0.1, -0.05) is 0 Å². The Morgan fingerprint density at radius 1 is 1.00 bits per heavy atom. The van der Waals surface area contributed by atoms with Crippen LogP contribution in [-0.4, -0.2) is 20.8 Å². The summed E-state index contributed by atoms with van der Waals surface area (Å²) in [5.74, 6) is -0.683. The van der Waals surface area contributed by atoms with Gasteiger partial charge in [0, 0.05) is 6.92 Å². The lowest BCUT2D eigenvalue weighted by molar-refractivity contribution is -0.449. The molecule has 0 fully saturated rings. The lowest BCUT2D eigenvalue weighted by atomic mass is 10.2. The van der Waals surface area contributed by atoms with Gasteiger partial charge in [-0.3, -0.25) is 25.0 Å². The van der Waals surface area contributed by atoms with Crippen LogP contribution in [0.4, 0.5) is 22.7 Å². The number of carbonyl (C=O) groups excluding carboxylic acids is 1. The first-order valence-electron chi connectivity index (χ1n) is 4.88. The highest BCUT2D eigenvalue weighted by atomic mass is 16.7. The summed E-state index contributed by atoms with van der Waals surface area (Å²) in [6, 6.07) is 1.84. The van der Waals surface area contributed by atoms with E-state index in [-0.39, 0.29) is 0 Å². The molecular weight excluding hydrogens is 278 g/mol. The zero-order valence-electron chi connectivity index (χ0n) is 9.85. The number of anilines is 2. The van der Waals surface area contributed by atoms with E-state index >= 15 is 0 Å². The molecule has 0 bridgehead atoms. The van der Waals surface area contributed by atoms with Gasteiger partial charge in [-0.05, 0) is 12.1 Å². The summed E-state index contributed by atoms with van der Waals surface area (Å²) in [7, 11) is 0. The Labute approximate surface area is 109 Å². The second kappa shape index (κ2) is 5.55. The highest BCUT2D eigenvalue weighted by Crippen LogP contribution is 2.40. The largest absolute Gasteiger partial charge is 0.377 e. The van der Waals surface area contributed by atoms with Gasteiger partial charge in [0.15, 0.2) is 10.7 Å². The number of rotatable bonds is 5. The Hall–Kier alpha value is -3.31. The number of nitro benzene ring substituents is 2. The topological polar surface area (TPSA) is 171 Å². The van der Waals surface area contributed by atoms with Gasteiger partial charge in [0.05, 0.1) is 9.85 Å². The van der Waals surface area contributed by atoms with Crippen molar-refractivity contribution in [3.8, 4) is 0 Å². The fourth-order valence-corrected chi connectivity index (χ4v) is 1.43. The molecule has 0 aliphatic rings. The minimum absolute atomic E-state index is 0.428. The monoisotopic (exact) mass is 285 g/mol. The molecule has 0 atom stereocenters. The van der Waals surface area contributed by atoms with Gasteiger partial charge in [0.25, 0.3) is 0 Å². The molecule has 0 radical (unpaired) electrons. The summed E-state index contributed by atoms with van der Waals surface area (Å²) < 4.78 is 0. The molecule has 0 saturated carbocycles. The Bertz CT molecular complexity index is 560. The van der Waals surface area contributed by atoms with Crippen LogP contribution >= 0.6 is 0 Å². The fraction of sp³-hybridized carbons (Fsp3) is 0.125. The minimum atomic E-state index is -1.14. The number of amides is 1. The van der Waals surface area contributed by atoms with Crippen LogP contribution < -0.4 is 10.7 Å². The lowest BCUT2D eigenvalue weighted by Crippen LogP contribution is -2.13. The van der Waals surface area contributed by atoms with Crippen LogP contribution in [0.3, 0.4) is 0 Å². The van der Waals surface area contributed by atoms with Crippen LogP contribution in [0.5, 0.6) is 0 Å². The average Bonchev–Trinajstić information content (AvgIpc) is 2.28. The third-order valence-corrected chi connectivity index (χ3v) is 2.04. The van der Waals surface area contributed by atoms with Crippen LogP contribution in [0.25, 0.3) is 0 Å². The van der Waals surface area contributed by atoms with Crippen molar-refractivity contribution in [2.75, 3.05) is 10.7 Å². The average molecular weight is 285 g/mol. The van der Waals surface area contributed by atoms with Gasteiger partial charge >= 0.3 is 11.4 Å². The molecular formula is C8H7N5O7. The van der Waals surface area contributed by atoms with E-state index in [4.69, 9.17) is 0 Å². The SMILES string of the molecule is CC(=O)Nc1ccc(N[N+](=O)[O-])c([N+](=O)[O-])c1[N+](=O)[O-]. The third kappa shape index (κ3) is 3.12. The normalized spacial score (nSPS) is 9.65. The van der Waals surface area contributed by atoms with Gasteiger partial charge in [-0.15, -0.1) is 5.43 Å². The maximum atomic E-state index is 10.9. The number of nitro groups is 3. The van der Waals surface area contributed by atoms with E-state index in [1.807, 2.05) is 5.32 Å². The smallest absolute Gasteiger partial charge is 0.320 e. The number of carbonyl (C=O) groups is 1. The maximum absolute atomic E-state index is 10.9. The summed E-state index contributed by atoms with van der Waals surface area (Å²) in [6.07, 6.45) is 0. The van der Waals surface area contributed by atoms with E-state index in [1.54, 1.807) is 0 Å². The molecule has 1 aromatic carbocycles. The second-order valence-electron chi connectivity index (χ2n) is 3.42. The Kier molecular flexibility index (Phi) is 4.10. The van der Waals surface area contributed by atoms with Crippen LogP contribution in [0, 0.1) is 30.3 Å². The molecule has 0 aromatic heterocycles. The molecule has 12 nitrogen and oxygen atoms in total. The number of hydrogen-bond acceptors (Lipinski definition) is 7. The number of benzene rings is 1. The van der Waals surface area contributed by atoms with Crippen molar-refractivity contribution in [3.05, 3.63) is 42.5 Å². The van der Waals surface area contributed by atoms with Crippen molar-refractivity contribution in [2.45, 2.75) is 6.92 Å². The molecule has 0 spiro atoms. The fourth-order valence-electron chi connectivity index (χ4n) is 1.43. The Morgan fingerprint density at radius 2 is 1.45 bits per heavy atom. The molecule has 1 rings (SSSR count). The molecule has 1 amide bonds. The highest BCUT2D eigenvalue weighted by Gasteiger charge is 2.34. The molecule has 20 heavy (non-hydrogen) atoms. The van der Waals surface area contributed by atoms with Gasteiger partial charge in [0.1, 0.15) is 5.69 Å². The van der Waals surface area contributed by atoms with Crippen molar-refractivity contribution in [2.24, 2.45) is 0 Å². The van der Waals surface area contributed by atoms with Crippen molar-refractivity contribution < 1.29 is 19.7 Å². The quantitative estimate of drug-likeness (QED) is 0.597. The summed E-state index contributed by atoms with van der Waals surface area (Å²) >= 11 is 0. The summed E-state index contributed by atoms with van der Waals surface area (Å²) in [6.45, 7) is 1.05. The summed E-state index contributed by atoms with van der Waals surface area (Å²) in [5, 5.41) is 33.1. The maximum Gasteiger partial charge on any atom is 0.377 e. The van der Waals surface area contributed by atoms with E-state index in [2.05, 4.69) is 0 Å². The third-order valence-electron chi connectivity index (χ3n) is 2.04. The van der Waals surface area contributed by atoms with Crippen LogP contribution in [-0.2, 0) is 4.79 Å². The van der Waals surface area contributed by atoms with Gasteiger partial charge in [-0.25, -0.2) is 10.1 Å². The number of hydrazine groups is 1. The van der Waals surface area contributed by atoms with Crippen molar-refractivity contribution in [1.29, 1.82) is 0 Å². The van der Waals surface area contributed by atoms with Crippen molar-refractivity contribution in [1.82, 2.24) is 0 Å². The molecule has 0 aliphatic heterocycles. The predicted molar refractivity (Wildman–Crippen MR) is 64.7 cm³/mol. The zero-order valence-corrected chi connectivity index (χ0v) is 9.85. The first-order valence-corrected chi connectivity index (χ1v) is 4.88. The molecule has 1 aromatic rings. The van der Waals surface area contributed by atoms with Crippen LogP contribution in [0.2, 0.25) is 0 Å². The molecule has 12 heteroatoms. The molecule has 2 N–H and O–H groups in total. The van der Waals surface area contributed by atoms with Gasteiger partial charge in [0.2, 0.25) is 5.91 Å². The van der Waals surface area contributed by atoms with Gasteiger partial charge in [-0.2, -0.15) is 0 Å². The Balaban J connectivity index is 3.57. The zero-order chi connectivity index (χ0) is 15.4. The summed E-state index contributed by atoms with van der Waals surface area (Å²) in [5.41, 5.74) is -1.76. The first kappa shape index (κ1) is 14.7. The highest BCUT2D eigenvalue weighted by molar-refractivity contribution is 5.94. The number of nitrogens with zero attached hydrogens (tertiary/aromatic N) is 3. The molecule has 0 heterocycles. The van der Waals surface area contributed by atoms with Crippen molar-refractivity contribution in [3.63, 3.8) is 0 Å². The molecule has 0 aliphatic carbocycles. The molecule has 106 valence electrons. The van der Waals surface area contributed by atoms with E-state index in [0.29, 0.717) is 0 Å². The molecule has 0 saturated heterocycles. The minimum Gasteiger partial charge on any atom is -0.320 e. The second-order valence-corrected chi connectivity index (χ2v) is 3.42. The van der Waals surface area contributed by atoms with E-state index in [1.165, 1.54) is 5.43 Å². The Morgan fingerprint density at radius 3 is 1.85 bits per heavy atom.